The van der Waals surface area contributed by atoms with Crippen LogP contribution in [0.4, 0.5) is 0 Å². The molecule has 0 radical (unpaired) electrons. The van der Waals surface area contributed by atoms with Gasteiger partial charge >= 0.3 is 0 Å². The van der Waals surface area contributed by atoms with Crippen LogP contribution in [0.25, 0.3) is 0 Å². The third-order valence-corrected chi connectivity index (χ3v) is 6.00. The lowest BCUT2D eigenvalue weighted by Crippen LogP contribution is -2.43. The SMILES string of the molecule is CN=C(NCC1CCN(Cc2ccccc2Cl)CC1)N(C)Cc1cccn1C. The minimum atomic E-state index is 0.683. The standard InChI is InChI=1S/C22H32ClN5/c1-24-22(27(3)17-20-8-6-12-26(20)2)25-15-18-10-13-28(14-11-18)16-19-7-4-5-9-21(19)23/h4-9,12,18H,10-11,13-17H2,1-3H3,(H,24,25). The second-order valence-electron chi connectivity index (χ2n) is 7.71. The number of nitrogens with zero attached hydrogens (tertiary/aromatic N) is 4. The molecule has 1 N–H and O–H groups in total. The Labute approximate surface area is 174 Å². The van der Waals surface area contributed by atoms with Crippen molar-refractivity contribution in [1.82, 2.24) is 19.7 Å². The average molecular weight is 402 g/mol. The van der Waals surface area contributed by atoms with Gasteiger partial charge in [0.25, 0.3) is 0 Å². The van der Waals surface area contributed by atoms with E-state index < -0.39 is 0 Å². The van der Waals surface area contributed by atoms with Gasteiger partial charge in [0.1, 0.15) is 0 Å². The summed E-state index contributed by atoms with van der Waals surface area (Å²) in [4.78, 5) is 9.15. The van der Waals surface area contributed by atoms with Crippen LogP contribution in [0.15, 0.2) is 47.6 Å². The van der Waals surface area contributed by atoms with Crippen LogP contribution in [-0.4, -0.2) is 54.1 Å². The summed E-state index contributed by atoms with van der Waals surface area (Å²) in [5.74, 6) is 1.64. The Morgan fingerprint density at radius 1 is 1.21 bits per heavy atom. The summed E-state index contributed by atoms with van der Waals surface area (Å²) in [6.45, 7) is 5.01. The molecule has 1 saturated heterocycles. The largest absolute Gasteiger partial charge is 0.356 e. The van der Waals surface area contributed by atoms with E-state index in [2.05, 4.69) is 69.2 Å². The molecule has 28 heavy (non-hydrogen) atoms. The van der Waals surface area contributed by atoms with Crippen LogP contribution >= 0.6 is 11.6 Å². The first-order valence-electron chi connectivity index (χ1n) is 10.0. The molecule has 0 amide bonds. The molecule has 0 spiro atoms. The van der Waals surface area contributed by atoms with Crippen LogP contribution in [-0.2, 0) is 20.1 Å². The molecule has 1 aromatic heterocycles. The van der Waals surface area contributed by atoms with E-state index in [4.69, 9.17) is 11.6 Å². The Morgan fingerprint density at radius 2 is 1.96 bits per heavy atom. The number of aliphatic imine (C=N–C) groups is 1. The molecule has 152 valence electrons. The van der Waals surface area contributed by atoms with Gasteiger partial charge in [0, 0.05) is 51.1 Å². The first-order chi connectivity index (χ1) is 13.6. The minimum Gasteiger partial charge on any atom is -0.356 e. The van der Waals surface area contributed by atoms with Gasteiger partial charge in [-0.2, -0.15) is 0 Å². The number of likely N-dealkylation sites (tertiary alicyclic amines) is 1. The third-order valence-electron chi connectivity index (χ3n) is 5.63. The summed E-state index contributed by atoms with van der Waals surface area (Å²) in [6, 6.07) is 12.4. The molecular weight excluding hydrogens is 370 g/mol. The maximum atomic E-state index is 6.31. The van der Waals surface area contributed by atoms with Crippen molar-refractivity contribution >= 4 is 17.6 Å². The minimum absolute atomic E-state index is 0.683. The Kier molecular flexibility index (Phi) is 7.40. The van der Waals surface area contributed by atoms with E-state index in [1.165, 1.54) is 24.1 Å². The van der Waals surface area contributed by atoms with Crippen molar-refractivity contribution in [2.45, 2.75) is 25.9 Å². The van der Waals surface area contributed by atoms with Crippen molar-refractivity contribution in [1.29, 1.82) is 0 Å². The highest BCUT2D eigenvalue weighted by Crippen LogP contribution is 2.22. The number of aromatic nitrogens is 1. The normalized spacial score (nSPS) is 16.4. The number of nitrogens with one attached hydrogen (secondary N) is 1. The van der Waals surface area contributed by atoms with E-state index in [-0.39, 0.29) is 0 Å². The zero-order valence-electron chi connectivity index (χ0n) is 17.2. The number of rotatable bonds is 6. The second-order valence-corrected chi connectivity index (χ2v) is 8.11. The smallest absolute Gasteiger partial charge is 0.193 e. The Balaban J connectivity index is 1.42. The van der Waals surface area contributed by atoms with Crippen molar-refractivity contribution in [3.8, 4) is 0 Å². The fourth-order valence-electron chi connectivity index (χ4n) is 3.82. The van der Waals surface area contributed by atoms with Crippen molar-refractivity contribution in [3.63, 3.8) is 0 Å². The second kappa shape index (κ2) is 9.99. The van der Waals surface area contributed by atoms with E-state index in [1.54, 1.807) is 0 Å². The quantitative estimate of drug-likeness (QED) is 0.593. The molecule has 3 rings (SSSR count). The van der Waals surface area contributed by atoms with E-state index in [0.29, 0.717) is 5.92 Å². The average Bonchev–Trinajstić information content (AvgIpc) is 3.10. The number of aryl methyl sites for hydroxylation is 1. The number of guanidine groups is 1. The highest BCUT2D eigenvalue weighted by molar-refractivity contribution is 6.31. The molecule has 0 atom stereocenters. The lowest BCUT2D eigenvalue weighted by atomic mass is 9.96. The number of piperidine rings is 1. The van der Waals surface area contributed by atoms with Gasteiger partial charge in [0.05, 0.1) is 6.54 Å². The van der Waals surface area contributed by atoms with Crippen LogP contribution in [0.1, 0.15) is 24.1 Å². The summed E-state index contributed by atoms with van der Waals surface area (Å²) in [7, 11) is 6.03. The van der Waals surface area contributed by atoms with Crippen LogP contribution in [0.3, 0.4) is 0 Å². The van der Waals surface area contributed by atoms with Crippen molar-refractivity contribution in [2.75, 3.05) is 33.7 Å². The monoisotopic (exact) mass is 401 g/mol. The molecule has 5 nitrogen and oxygen atoms in total. The predicted molar refractivity (Wildman–Crippen MR) is 118 cm³/mol. The first kappa shape index (κ1) is 20.7. The molecule has 0 bridgehead atoms. The molecule has 1 fully saturated rings. The molecule has 0 unspecified atom stereocenters. The van der Waals surface area contributed by atoms with Gasteiger partial charge in [0.15, 0.2) is 5.96 Å². The summed E-state index contributed by atoms with van der Waals surface area (Å²) >= 11 is 6.31. The number of hydrogen-bond acceptors (Lipinski definition) is 2. The van der Waals surface area contributed by atoms with Crippen LogP contribution in [0, 0.1) is 5.92 Å². The molecule has 1 aromatic carbocycles. The number of hydrogen-bond donors (Lipinski definition) is 1. The summed E-state index contributed by atoms with van der Waals surface area (Å²) in [5, 5.41) is 4.44. The molecule has 0 aliphatic carbocycles. The summed E-state index contributed by atoms with van der Waals surface area (Å²) < 4.78 is 2.15. The van der Waals surface area contributed by atoms with Gasteiger partial charge in [-0.3, -0.25) is 9.89 Å². The van der Waals surface area contributed by atoms with E-state index in [9.17, 15) is 0 Å². The van der Waals surface area contributed by atoms with Crippen LogP contribution < -0.4 is 5.32 Å². The van der Waals surface area contributed by atoms with Crippen molar-refractivity contribution in [2.24, 2.45) is 18.0 Å². The molecule has 6 heteroatoms. The van der Waals surface area contributed by atoms with E-state index >= 15 is 0 Å². The van der Waals surface area contributed by atoms with Gasteiger partial charge in [-0.15, -0.1) is 0 Å². The fraction of sp³-hybridized carbons (Fsp3) is 0.500. The van der Waals surface area contributed by atoms with E-state index in [0.717, 1.165) is 43.7 Å². The zero-order chi connectivity index (χ0) is 19.9. The maximum Gasteiger partial charge on any atom is 0.193 e. The Bertz CT molecular complexity index is 777. The van der Waals surface area contributed by atoms with Gasteiger partial charge in [-0.25, -0.2) is 0 Å². The lowest BCUT2D eigenvalue weighted by molar-refractivity contribution is 0.177. The van der Waals surface area contributed by atoms with Crippen LogP contribution in [0.2, 0.25) is 5.02 Å². The van der Waals surface area contributed by atoms with Gasteiger partial charge in [-0.05, 0) is 55.6 Å². The lowest BCUT2D eigenvalue weighted by Gasteiger charge is -2.33. The molecule has 0 saturated carbocycles. The molecule has 2 aromatic rings. The zero-order valence-corrected chi connectivity index (χ0v) is 18.0. The fourth-order valence-corrected chi connectivity index (χ4v) is 4.01. The number of benzene rings is 1. The highest BCUT2D eigenvalue weighted by Gasteiger charge is 2.20. The molecule has 1 aliphatic rings. The highest BCUT2D eigenvalue weighted by atomic mass is 35.5. The molecular formula is C22H32ClN5. The Morgan fingerprint density at radius 3 is 2.61 bits per heavy atom. The molecule has 2 heterocycles. The van der Waals surface area contributed by atoms with Crippen molar-refractivity contribution in [3.05, 3.63) is 58.9 Å². The molecule has 1 aliphatic heterocycles. The van der Waals surface area contributed by atoms with Gasteiger partial charge in [0.2, 0.25) is 0 Å². The first-order valence-corrected chi connectivity index (χ1v) is 10.4. The van der Waals surface area contributed by atoms with Gasteiger partial charge in [-0.1, -0.05) is 29.8 Å². The summed E-state index contributed by atoms with van der Waals surface area (Å²) in [6.07, 6.45) is 4.49. The maximum absolute atomic E-state index is 6.31. The third kappa shape index (κ3) is 5.52. The predicted octanol–water partition coefficient (Wildman–Crippen LogP) is 3.60. The van der Waals surface area contributed by atoms with Gasteiger partial charge < -0.3 is 14.8 Å². The Hall–Kier alpha value is -1.98. The van der Waals surface area contributed by atoms with E-state index in [1.807, 2.05) is 19.2 Å². The topological polar surface area (TPSA) is 35.8 Å². The van der Waals surface area contributed by atoms with Crippen molar-refractivity contribution < 1.29 is 0 Å². The number of halogens is 1. The summed E-state index contributed by atoms with van der Waals surface area (Å²) in [5.41, 5.74) is 2.50. The van der Waals surface area contributed by atoms with Crippen LogP contribution in [0.5, 0.6) is 0 Å².